The Morgan fingerprint density at radius 2 is 2.00 bits per heavy atom. The van der Waals surface area contributed by atoms with Crippen LogP contribution in [0.4, 0.5) is 10.2 Å². The van der Waals surface area contributed by atoms with E-state index in [0.29, 0.717) is 23.1 Å². The maximum atomic E-state index is 13.4. The minimum absolute atomic E-state index is 0.161. The van der Waals surface area contributed by atoms with Gasteiger partial charge in [0.2, 0.25) is 0 Å². The lowest BCUT2D eigenvalue weighted by Crippen LogP contribution is -2.07. The van der Waals surface area contributed by atoms with Gasteiger partial charge in [-0.3, -0.25) is 0 Å². The maximum Gasteiger partial charge on any atom is 0.162 e. The van der Waals surface area contributed by atoms with E-state index in [1.54, 1.807) is 0 Å². The Morgan fingerprint density at radius 1 is 1.30 bits per heavy atom. The van der Waals surface area contributed by atoms with Gasteiger partial charge in [-0.2, -0.15) is 0 Å². The van der Waals surface area contributed by atoms with Gasteiger partial charge in [0.25, 0.3) is 0 Å². The fourth-order valence-electron chi connectivity index (χ4n) is 1.87. The van der Waals surface area contributed by atoms with E-state index in [0.717, 1.165) is 21.8 Å². The zero-order valence-corrected chi connectivity index (χ0v) is 13.3. The van der Waals surface area contributed by atoms with Gasteiger partial charge in [0.05, 0.1) is 9.26 Å². The van der Waals surface area contributed by atoms with Crippen LogP contribution in [0.2, 0.25) is 0 Å². The van der Waals surface area contributed by atoms with E-state index in [1.165, 1.54) is 12.1 Å². The standard InChI is InChI=1S/C14H15FIN3O/c1-7(2)3-11-12(16)13(17)19-14(18-11)8-4-9(15)6-10(20)5-8/h4-7,20H,3H2,1-2H3,(H2,17,18,19). The Morgan fingerprint density at radius 3 is 2.60 bits per heavy atom. The van der Waals surface area contributed by atoms with Gasteiger partial charge in [-0.05, 0) is 47.1 Å². The van der Waals surface area contributed by atoms with Crippen molar-refractivity contribution < 1.29 is 9.50 Å². The highest BCUT2D eigenvalue weighted by atomic mass is 127. The highest BCUT2D eigenvalue weighted by molar-refractivity contribution is 14.1. The molecule has 20 heavy (non-hydrogen) atoms. The van der Waals surface area contributed by atoms with Crippen molar-refractivity contribution in [2.24, 2.45) is 5.92 Å². The van der Waals surface area contributed by atoms with Gasteiger partial charge in [-0.25, -0.2) is 14.4 Å². The lowest BCUT2D eigenvalue weighted by atomic mass is 10.1. The smallest absolute Gasteiger partial charge is 0.162 e. The van der Waals surface area contributed by atoms with Crippen molar-refractivity contribution in [2.75, 3.05) is 5.73 Å². The lowest BCUT2D eigenvalue weighted by molar-refractivity contribution is 0.469. The van der Waals surface area contributed by atoms with Crippen LogP contribution in [0.1, 0.15) is 19.5 Å². The molecule has 6 heteroatoms. The third kappa shape index (κ3) is 3.36. The van der Waals surface area contributed by atoms with Crippen molar-refractivity contribution in [3.8, 4) is 17.1 Å². The molecular formula is C14H15FIN3O. The molecule has 2 rings (SSSR count). The predicted molar refractivity (Wildman–Crippen MR) is 84.8 cm³/mol. The van der Waals surface area contributed by atoms with Crippen molar-refractivity contribution in [1.29, 1.82) is 0 Å². The van der Waals surface area contributed by atoms with Gasteiger partial charge in [-0.1, -0.05) is 13.8 Å². The Kier molecular flexibility index (Phi) is 4.42. The number of rotatable bonds is 3. The van der Waals surface area contributed by atoms with Gasteiger partial charge in [-0.15, -0.1) is 0 Å². The predicted octanol–water partition coefficient (Wildman–Crippen LogP) is 3.37. The molecule has 1 aromatic heterocycles. The largest absolute Gasteiger partial charge is 0.508 e. The zero-order chi connectivity index (χ0) is 14.9. The van der Waals surface area contributed by atoms with Crippen LogP contribution in [0.15, 0.2) is 18.2 Å². The van der Waals surface area contributed by atoms with Crippen LogP contribution in [0.5, 0.6) is 5.75 Å². The summed E-state index contributed by atoms with van der Waals surface area (Å²) < 4.78 is 14.2. The van der Waals surface area contributed by atoms with Crippen LogP contribution in [-0.2, 0) is 6.42 Å². The number of hydrogen-bond donors (Lipinski definition) is 2. The van der Waals surface area contributed by atoms with Crippen molar-refractivity contribution in [1.82, 2.24) is 9.97 Å². The molecule has 0 spiro atoms. The van der Waals surface area contributed by atoms with Crippen LogP contribution < -0.4 is 5.73 Å². The summed E-state index contributed by atoms with van der Waals surface area (Å²) in [7, 11) is 0. The van der Waals surface area contributed by atoms with E-state index in [-0.39, 0.29) is 5.75 Å². The summed E-state index contributed by atoms with van der Waals surface area (Å²) in [4.78, 5) is 8.62. The number of aromatic nitrogens is 2. The van der Waals surface area contributed by atoms with E-state index < -0.39 is 5.82 Å². The van der Waals surface area contributed by atoms with E-state index in [1.807, 2.05) is 0 Å². The summed E-state index contributed by atoms with van der Waals surface area (Å²) >= 11 is 2.11. The number of anilines is 1. The molecule has 1 heterocycles. The van der Waals surface area contributed by atoms with E-state index in [2.05, 4.69) is 46.4 Å². The normalized spacial score (nSPS) is 11.1. The molecule has 0 saturated carbocycles. The van der Waals surface area contributed by atoms with Crippen molar-refractivity contribution in [3.63, 3.8) is 0 Å². The highest BCUT2D eigenvalue weighted by Gasteiger charge is 2.13. The SMILES string of the molecule is CC(C)Cc1nc(-c2cc(O)cc(F)c2)nc(N)c1I. The molecule has 0 saturated heterocycles. The number of nitrogens with zero attached hydrogens (tertiary/aromatic N) is 2. The van der Waals surface area contributed by atoms with Gasteiger partial charge >= 0.3 is 0 Å². The second-order valence-electron chi connectivity index (χ2n) is 4.99. The number of nitrogen functional groups attached to an aromatic ring is 1. The third-order valence-corrected chi connectivity index (χ3v) is 3.86. The number of aromatic hydroxyl groups is 1. The summed E-state index contributed by atoms with van der Waals surface area (Å²) in [6.07, 6.45) is 0.763. The van der Waals surface area contributed by atoms with Gasteiger partial charge in [0.15, 0.2) is 5.82 Å². The van der Waals surface area contributed by atoms with Crippen molar-refractivity contribution in [3.05, 3.63) is 33.3 Å². The molecule has 0 bridgehead atoms. The number of nitrogens with two attached hydrogens (primary N) is 1. The summed E-state index contributed by atoms with van der Waals surface area (Å²) in [5.41, 5.74) is 7.15. The van der Waals surface area contributed by atoms with Gasteiger partial charge in [0, 0.05) is 11.6 Å². The van der Waals surface area contributed by atoms with E-state index >= 15 is 0 Å². The summed E-state index contributed by atoms with van der Waals surface area (Å²) in [5, 5.41) is 9.47. The van der Waals surface area contributed by atoms with Crippen molar-refractivity contribution >= 4 is 28.4 Å². The number of hydrogen-bond acceptors (Lipinski definition) is 4. The second kappa shape index (κ2) is 5.90. The average Bonchev–Trinajstić information content (AvgIpc) is 2.32. The van der Waals surface area contributed by atoms with Gasteiger partial charge < -0.3 is 10.8 Å². The van der Waals surface area contributed by atoms with Crippen LogP contribution in [-0.4, -0.2) is 15.1 Å². The second-order valence-corrected chi connectivity index (χ2v) is 6.07. The molecular weight excluding hydrogens is 372 g/mol. The number of phenols is 1. The average molecular weight is 387 g/mol. The third-order valence-electron chi connectivity index (χ3n) is 2.69. The molecule has 0 fully saturated rings. The van der Waals surface area contributed by atoms with Crippen LogP contribution in [0.25, 0.3) is 11.4 Å². The van der Waals surface area contributed by atoms with Crippen LogP contribution >= 0.6 is 22.6 Å². The minimum atomic E-state index is -0.536. The molecule has 0 unspecified atom stereocenters. The molecule has 4 nitrogen and oxygen atoms in total. The minimum Gasteiger partial charge on any atom is -0.508 e. The first-order chi connectivity index (χ1) is 9.36. The fraction of sp³-hybridized carbons (Fsp3) is 0.286. The Labute approximate surface area is 130 Å². The molecule has 0 amide bonds. The monoisotopic (exact) mass is 387 g/mol. The first-order valence-electron chi connectivity index (χ1n) is 6.18. The molecule has 0 aliphatic heterocycles. The Hall–Kier alpha value is -1.44. The summed E-state index contributed by atoms with van der Waals surface area (Å²) in [5.74, 6) is 0.423. The van der Waals surface area contributed by atoms with Crippen molar-refractivity contribution in [2.45, 2.75) is 20.3 Å². The van der Waals surface area contributed by atoms with Crippen LogP contribution in [0.3, 0.4) is 0 Å². The van der Waals surface area contributed by atoms with E-state index in [4.69, 9.17) is 5.73 Å². The zero-order valence-electron chi connectivity index (χ0n) is 11.2. The summed E-state index contributed by atoms with van der Waals surface area (Å²) in [6, 6.07) is 3.74. The highest BCUT2D eigenvalue weighted by Crippen LogP contribution is 2.26. The molecule has 0 radical (unpaired) electrons. The molecule has 0 aliphatic rings. The Bertz CT molecular complexity index is 626. The Balaban J connectivity index is 2.54. The number of halogens is 2. The van der Waals surface area contributed by atoms with E-state index in [9.17, 15) is 9.50 Å². The van der Waals surface area contributed by atoms with Crippen LogP contribution in [0, 0.1) is 15.3 Å². The topological polar surface area (TPSA) is 72.0 Å². The number of phenolic OH excluding ortho intramolecular Hbond substituents is 1. The van der Waals surface area contributed by atoms with Gasteiger partial charge in [0.1, 0.15) is 17.4 Å². The quantitative estimate of drug-likeness (QED) is 0.793. The molecule has 2 aromatic rings. The first kappa shape index (κ1) is 15.0. The molecule has 1 aromatic carbocycles. The lowest BCUT2D eigenvalue weighted by Gasteiger charge is -2.11. The molecule has 0 aliphatic carbocycles. The maximum absolute atomic E-state index is 13.4. The molecule has 3 N–H and O–H groups in total. The molecule has 106 valence electrons. The fourth-order valence-corrected chi connectivity index (χ4v) is 2.33. The molecule has 0 atom stereocenters. The number of benzene rings is 1. The summed E-state index contributed by atoms with van der Waals surface area (Å²) in [6.45, 7) is 4.17. The first-order valence-corrected chi connectivity index (χ1v) is 7.26.